The van der Waals surface area contributed by atoms with Crippen molar-refractivity contribution in [3.05, 3.63) is 147 Å². The molecular weight excluding hydrogens is 649 g/mol. The first-order valence-corrected chi connectivity index (χ1v) is 17.1. The molecule has 0 fully saturated rings. The van der Waals surface area contributed by atoms with Gasteiger partial charge in [0.25, 0.3) is 5.56 Å². The van der Waals surface area contributed by atoms with E-state index < -0.39 is 30.8 Å². The number of ether oxygens (including phenoxy) is 1. The van der Waals surface area contributed by atoms with E-state index in [0.29, 0.717) is 5.69 Å². The molecule has 1 N–H and O–H groups in total. The molecule has 0 aliphatic carbocycles. The lowest BCUT2D eigenvalue weighted by atomic mass is 10.2. The molecule has 49 heavy (non-hydrogen) atoms. The molecule has 0 saturated carbocycles. The highest BCUT2D eigenvalue weighted by Crippen LogP contribution is 2.55. The third-order valence-corrected chi connectivity index (χ3v) is 9.90. The van der Waals surface area contributed by atoms with Gasteiger partial charge in [0.15, 0.2) is 17.0 Å². The van der Waals surface area contributed by atoms with Crippen molar-refractivity contribution >= 4 is 18.8 Å². The monoisotopic (exact) mass is 685 g/mol. The predicted octanol–water partition coefficient (Wildman–Crippen LogP) is 3.60. The summed E-state index contributed by atoms with van der Waals surface area (Å²) in [5.41, 5.74) is 2.09. The predicted molar refractivity (Wildman–Crippen MR) is 180 cm³/mol. The number of fused-ring (bicyclic) bond motifs is 1. The Kier molecular flexibility index (Phi) is 10.4. The molecule has 3 aromatic heterocycles. The molecule has 6 aromatic rings. The van der Waals surface area contributed by atoms with Crippen molar-refractivity contribution < 1.29 is 23.5 Å². The third-order valence-electron chi connectivity index (χ3n) is 7.95. The molecule has 0 aliphatic rings. The Labute approximate surface area is 281 Å². The summed E-state index contributed by atoms with van der Waals surface area (Å²) in [5, 5.41) is 20.1. The van der Waals surface area contributed by atoms with E-state index >= 15 is 0 Å². The molecule has 0 spiro atoms. The summed E-state index contributed by atoms with van der Waals surface area (Å²) in [7, 11) is -1.06. The Hall–Kier alpha value is -4.98. The average Bonchev–Trinajstić information content (AvgIpc) is 3.76. The lowest BCUT2D eigenvalue weighted by Crippen LogP contribution is -2.39. The van der Waals surface area contributed by atoms with Crippen molar-refractivity contribution in [2.24, 2.45) is 14.1 Å². The van der Waals surface area contributed by atoms with E-state index in [1.54, 1.807) is 18.7 Å². The number of aliphatic hydroxyl groups excluding tert-OH is 1. The maximum atomic E-state index is 14.5. The zero-order valence-electron chi connectivity index (χ0n) is 27.0. The molecule has 3 aromatic carbocycles. The highest BCUT2D eigenvalue weighted by molar-refractivity contribution is 7.54. The van der Waals surface area contributed by atoms with Gasteiger partial charge >= 0.3 is 13.3 Å². The number of nitrogens with zero attached hydrogens (tertiary/aromatic N) is 7. The molecule has 15 heteroatoms. The number of aryl methyl sites for hydroxylation is 2. The van der Waals surface area contributed by atoms with E-state index in [1.807, 2.05) is 91.0 Å². The van der Waals surface area contributed by atoms with Crippen LogP contribution in [0.15, 0.2) is 113 Å². The molecule has 2 atom stereocenters. The maximum absolute atomic E-state index is 14.5. The van der Waals surface area contributed by atoms with Gasteiger partial charge in [-0.05, 0) is 16.7 Å². The second-order valence-corrected chi connectivity index (χ2v) is 13.6. The summed E-state index contributed by atoms with van der Waals surface area (Å²) in [4.78, 5) is 30.5. The standard InChI is InChI=1S/C34H36N7O7P/c1-38-24-35-31-30(38)32(42)41(34(44)39(31)2)19-28-18-40(37-36-28)20-29(46-21-25-12-6-3-7-13-25)33(43)49(45,47-22-26-14-8-4-9-15-26)48-23-27-16-10-5-11-17-27/h3-18,24,29,33,43H,19-23H2,1-2H3/t29-,33-/m0/s1. The number of hydrogen-bond donors (Lipinski definition) is 1. The Morgan fingerprint density at radius 2 is 1.37 bits per heavy atom. The van der Waals surface area contributed by atoms with Crippen LogP contribution in [0.4, 0.5) is 0 Å². The van der Waals surface area contributed by atoms with Gasteiger partial charge in [-0.15, -0.1) is 5.10 Å². The number of aliphatic hydroxyl groups is 1. The SMILES string of the molecule is Cn1cnc2c1c(=O)n(Cc1cn(C[C@H](OCc3ccccc3)[C@@H](O)P(=O)(OCc3ccccc3)OCc3ccccc3)nn1)c(=O)n2C. The molecule has 0 aliphatic heterocycles. The fourth-order valence-electron chi connectivity index (χ4n) is 5.26. The van der Waals surface area contributed by atoms with Gasteiger partial charge in [-0.3, -0.25) is 18.5 Å². The van der Waals surface area contributed by atoms with Crippen LogP contribution < -0.4 is 11.2 Å². The fourth-order valence-corrected chi connectivity index (χ4v) is 6.89. The van der Waals surface area contributed by atoms with E-state index in [9.17, 15) is 19.3 Å². The number of aromatic nitrogens is 7. The molecule has 0 amide bonds. The number of benzene rings is 3. The Bertz CT molecular complexity index is 2120. The van der Waals surface area contributed by atoms with E-state index in [1.165, 1.54) is 21.8 Å². The average molecular weight is 686 g/mol. The van der Waals surface area contributed by atoms with Crippen LogP contribution in [0, 0.1) is 0 Å². The second kappa shape index (κ2) is 15.1. The molecule has 14 nitrogen and oxygen atoms in total. The summed E-state index contributed by atoms with van der Waals surface area (Å²) in [6.45, 7) is -0.343. The van der Waals surface area contributed by atoms with Crippen LogP contribution in [0.2, 0.25) is 0 Å². The van der Waals surface area contributed by atoms with Gasteiger partial charge in [-0.2, -0.15) is 0 Å². The lowest BCUT2D eigenvalue weighted by Gasteiger charge is -2.29. The first-order chi connectivity index (χ1) is 23.7. The first kappa shape index (κ1) is 33.9. The minimum absolute atomic E-state index is 0.0758. The zero-order valence-corrected chi connectivity index (χ0v) is 27.9. The topological polar surface area (TPSA) is 158 Å². The smallest absolute Gasteiger partial charge is 0.362 e. The Morgan fingerprint density at radius 1 is 0.816 bits per heavy atom. The van der Waals surface area contributed by atoms with Crippen LogP contribution >= 0.6 is 7.60 Å². The minimum Gasteiger partial charge on any atom is -0.378 e. The number of rotatable bonds is 15. The minimum atomic E-state index is -4.27. The molecule has 3 heterocycles. The van der Waals surface area contributed by atoms with Crippen LogP contribution in [0.3, 0.4) is 0 Å². The highest BCUT2D eigenvalue weighted by Gasteiger charge is 2.42. The largest absolute Gasteiger partial charge is 0.378 e. The summed E-state index contributed by atoms with van der Waals surface area (Å²) in [5.74, 6) is -1.74. The highest BCUT2D eigenvalue weighted by atomic mass is 31.2. The molecule has 254 valence electrons. The van der Waals surface area contributed by atoms with Crippen LogP contribution in [0.25, 0.3) is 11.2 Å². The molecule has 0 saturated heterocycles. The quantitative estimate of drug-likeness (QED) is 0.158. The van der Waals surface area contributed by atoms with E-state index in [4.69, 9.17) is 13.8 Å². The van der Waals surface area contributed by atoms with Gasteiger partial charge in [-0.25, -0.2) is 14.5 Å². The second-order valence-electron chi connectivity index (χ2n) is 11.5. The van der Waals surface area contributed by atoms with Crippen molar-refractivity contribution in [3.63, 3.8) is 0 Å². The molecule has 0 unspecified atom stereocenters. The van der Waals surface area contributed by atoms with E-state index in [2.05, 4.69) is 15.3 Å². The van der Waals surface area contributed by atoms with Gasteiger partial charge in [0.2, 0.25) is 0 Å². The summed E-state index contributed by atoms with van der Waals surface area (Å²) in [6, 6.07) is 27.6. The molecule has 0 bridgehead atoms. The normalized spacial score (nSPS) is 13.1. The first-order valence-electron chi connectivity index (χ1n) is 15.5. The van der Waals surface area contributed by atoms with E-state index in [-0.39, 0.29) is 44.1 Å². The fraction of sp³-hybridized carbons (Fsp3) is 0.265. The van der Waals surface area contributed by atoms with Crippen molar-refractivity contribution in [1.82, 2.24) is 33.7 Å². The van der Waals surface area contributed by atoms with Crippen molar-refractivity contribution in [2.75, 3.05) is 0 Å². The number of hydrogen-bond acceptors (Lipinski definition) is 10. The zero-order chi connectivity index (χ0) is 34.4. The Balaban J connectivity index is 1.27. The maximum Gasteiger partial charge on any atom is 0.362 e. The van der Waals surface area contributed by atoms with Crippen molar-refractivity contribution in [1.29, 1.82) is 0 Å². The van der Waals surface area contributed by atoms with Crippen LogP contribution in [-0.2, 0) is 65.4 Å². The molecular formula is C34H36N7O7P. The van der Waals surface area contributed by atoms with Gasteiger partial charge in [-0.1, -0.05) is 96.2 Å². The van der Waals surface area contributed by atoms with Gasteiger partial charge in [0.05, 0.1) is 45.4 Å². The molecule has 6 rings (SSSR count). The van der Waals surface area contributed by atoms with Gasteiger partial charge in [0, 0.05) is 14.1 Å². The number of imidazole rings is 1. The van der Waals surface area contributed by atoms with Gasteiger partial charge < -0.3 is 23.5 Å². The summed E-state index contributed by atoms with van der Waals surface area (Å²) >= 11 is 0. The summed E-state index contributed by atoms with van der Waals surface area (Å²) in [6.07, 6.45) is 1.86. The van der Waals surface area contributed by atoms with Crippen LogP contribution in [-0.4, -0.2) is 50.7 Å². The molecule has 0 radical (unpaired) electrons. The van der Waals surface area contributed by atoms with Crippen molar-refractivity contribution in [3.8, 4) is 0 Å². The van der Waals surface area contributed by atoms with Crippen LogP contribution in [0.5, 0.6) is 0 Å². The van der Waals surface area contributed by atoms with Crippen molar-refractivity contribution in [2.45, 2.75) is 44.9 Å². The Morgan fingerprint density at radius 3 is 1.94 bits per heavy atom. The van der Waals surface area contributed by atoms with E-state index in [0.717, 1.165) is 21.3 Å². The third kappa shape index (κ3) is 7.85. The summed E-state index contributed by atoms with van der Waals surface area (Å²) < 4.78 is 37.8. The van der Waals surface area contributed by atoms with Crippen LogP contribution in [0.1, 0.15) is 22.4 Å². The lowest BCUT2D eigenvalue weighted by molar-refractivity contribution is -0.0384. The van der Waals surface area contributed by atoms with Gasteiger partial charge in [0.1, 0.15) is 11.8 Å².